The summed E-state index contributed by atoms with van der Waals surface area (Å²) in [5, 5.41) is 0. The maximum Gasteiger partial charge on any atom is 0.168 e. The topological polar surface area (TPSA) is 44.8 Å². The van der Waals surface area contributed by atoms with E-state index in [1.165, 1.54) is 0 Å². The maximum atomic E-state index is 11.9. The number of carbonyl (C=O) groups excluding carboxylic acids is 1. The van der Waals surface area contributed by atoms with E-state index in [1.807, 2.05) is 12.1 Å². The van der Waals surface area contributed by atoms with Gasteiger partial charge in [-0.3, -0.25) is 4.79 Å². The van der Waals surface area contributed by atoms with Gasteiger partial charge in [-0.25, -0.2) is 0 Å². The number of para-hydroxylation sites is 1. The Morgan fingerprint density at radius 1 is 1.06 bits per heavy atom. The van der Waals surface area contributed by atoms with E-state index in [2.05, 4.69) is 0 Å². The van der Waals surface area contributed by atoms with Crippen LogP contribution >= 0.6 is 0 Å². The van der Waals surface area contributed by atoms with Crippen LogP contribution in [0.1, 0.15) is 16.8 Å². The van der Waals surface area contributed by atoms with E-state index >= 15 is 0 Å². The number of hydrogen-bond donors (Lipinski definition) is 0. The number of ketones is 1. The van der Waals surface area contributed by atoms with Crippen molar-refractivity contribution < 1.29 is 19.0 Å². The molecule has 0 aliphatic heterocycles. The van der Waals surface area contributed by atoms with Crippen molar-refractivity contribution in [2.24, 2.45) is 0 Å². The van der Waals surface area contributed by atoms with E-state index < -0.39 is 0 Å². The molecule has 4 heteroatoms. The Bertz CT molecular complexity index is 349. The van der Waals surface area contributed by atoms with Crippen LogP contribution in [0.2, 0.25) is 0 Å². The zero-order valence-electron chi connectivity index (χ0n) is 10.3. The summed E-state index contributed by atoms with van der Waals surface area (Å²) >= 11 is 0. The highest BCUT2D eigenvalue weighted by molar-refractivity contribution is 5.98. The fraction of sp³-hybridized carbons (Fsp3) is 0.462. The summed E-state index contributed by atoms with van der Waals surface area (Å²) in [6.45, 7) is 1.36. The molecule has 94 valence electrons. The molecular weight excluding hydrogens is 220 g/mol. The molecule has 0 atom stereocenters. The number of carbonyl (C=O) groups is 1. The lowest BCUT2D eigenvalue weighted by molar-refractivity contribution is 0.0925. The summed E-state index contributed by atoms with van der Waals surface area (Å²) in [5.41, 5.74) is 0.598. The quantitative estimate of drug-likeness (QED) is 0.513. The number of methoxy groups -OCH3 is 2. The van der Waals surface area contributed by atoms with Gasteiger partial charge < -0.3 is 14.2 Å². The molecule has 0 saturated heterocycles. The van der Waals surface area contributed by atoms with Gasteiger partial charge in [-0.2, -0.15) is 0 Å². The van der Waals surface area contributed by atoms with Crippen LogP contribution in [0.5, 0.6) is 5.75 Å². The first kappa shape index (κ1) is 13.7. The van der Waals surface area contributed by atoms with Crippen LogP contribution in [-0.4, -0.2) is 39.8 Å². The molecule has 17 heavy (non-hydrogen) atoms. The predicted molar refractivity (Wildman–Crippen MR) is 64.6 cm³/mol. The van der Waals surface area contributed by atoms with Gasteiger partial charge in [0.15, 0.2) is 5.78 Å². The average Bonchev–Trinajstić information content (AvgIpc) is 2.37. The Morgan fingerprint density at radius 2 is 1.76 bits per heavy atom. The summed E-state index contributed by atoms with van der Waals surface area (Å²) in [4.78, 5) is 11.9. The van der Waals surface area contributed by atoms with Crippen molar-refractivity contribution >= 4 is 5.78 Å². The number of rotatable bonds is 8. The van der Waals surface area contributed by atoms with Crippen molar-refractivity contribution in [1.29, 1.82) is 0 Å². The summed E-state index contributed by atoms with van der Waals surface area (Å²) in [6.07, 6.45) is 0.362. The minimum atomic E-state index is 0.0277. The number of benzene rings is 1. The third-order valence-electron chi connectivity index (χ3n) is 2.27. The lowest BCUT2D eigenvalue weighted by atomic mass is 10.1. The lowest BCUT2D eigenvalue weighted by Gasteiger charge is -2.10. The van der Waals surface area contributed by atoms with E-state index in [9.17, 15) is 4.79 Å². The van der Waals surface area contributed by atoms with Crippen molar-refractivity contribution in [3.63, 3.8) is 0 Å². The normalized spacial score (nSPS) is 10.2. The smallest absolute Gasteiger partial charge is 0.168 e. The molecule has 0 bridgehead atoms. The molecule has 0 radical (unpaired) electrons. The Labute approximate surface area is 101 Å². The fourth-order valence-electron chi connectivity index (χ4n) is 1.39. The summed E-state index contributed by atoms with van der Waals surface area (Å²) < 4.78 is 15.3. The molecule has 0 aromatic heterocycles. The van der Waals surface area contributed by atoms with Gasteiger partial charge in [-0.15, -0.1) is 0 Å². The average molecular weight is 238 g/mol. The van der Waals surface area contributed by atoms with Gasteiger partial charge in [0.2, 0.25) is 0 Å². The van der Waals surface area contributed by atoms with Crippen molar-refractivity contribution in [2.45, 2.75) is 6.42 Å². The van der Waals surface area contributed by atoms with Gasteiger partial charge in [0, 0.05) is 20.6 Å². The highest BCUT2D eigenvalue weighted by Crippen LogP contribution is 2.19. The van der Waals surface area contributed by atoms with Crippen molar-refractivity contribution in [3.8, 4) is 5.75 Å². The van der Waals surface area contributed by atoms with Crippen molar-refractivity contribution in [3.05, 3.63) is 29.8 Å². The summed E-state index contributed by atoms with van der Waals surface area (Å²) in [5.74, 6) is 0.630. The van der Waals surface area contributed by atoms with Gasteiger partial charge in [0.1, 0.15) is 12.4 Å². The largest absolute Gasteiger partial charge is 0.490 e. The standard InChI is InChI=1S/C13H18O4/c1-15-8-7-12(14)11-5-3-4-6-13(11)17-10-9-16-2/h3-6H,7-10H2,1-2H3. The summed E-state index contributed by atoms with van der Waals surface area (Å²) in [6, 6.07) is 7.22. The summed E-state index contributed by atoms with van der Waals surface area (Å²) in [7, 11) is 3.19. The van der Waals surface area contributed by atoms with Crippen LogP contribution in [0.3, 0.4) is 0 Å². The first-order valence-corrected chi connectivity index (χ1v) is 5.52. The van der Waals surface area contributed by atoms with E-state index in [0.29, 0.717) is 37.6 Å². The van der Waals surface area contributed by atoms with E-state index in [0.717, 1.165) is 0 Å². The molecule has 0 fully saturated rings. The van der Waals surface area contributed by atoms with Gasteiger partial charge in [0.25, 0.3) is 0 Å². The molecule has 1 rings (SSSR count). The van der Waals surface area contributed by atoms with Crippen LogP contribution in [-0.2, 0) is 9.47 Å². The molecule has 0 N–H and O–H groups in total. The Kier molecular flexibility index (Phi) is 6.29. The van der Waals surface area contributed by atoms with Crippen LogP contribution < -0.4 is 4.74 Å². The Morgan fingerprint density at radius 3 is 2.47 bits per heavy atom. The fourth-order valence-corrected chi connectivity index (χ4v) is 1.39. The Balaban J connectivity index is 2.66. The van der Waals surface area contributed by atoms with Gasteiger partial charge >= 0.3 is 0 Å². The van der Waals surface area contributed by atoms with Crippen LogP contribution in [0.25, 0.3) is 0 Å². The molecule has 0 aliphatic rings. The highest BCUT2D eigenvalue weighted by Gasteiger charge is 2.11. The number of ether oxygens (including phenoxy) is 3. The minimum Gasteiger partial charge on any atom is -0.490 e. The highest BCUT2D eigenvalue weighted by atomic mass is 16.5. The number of hydrogen-bond acceptors (Lipinski definition) is 4. The van der Waals surface area contributed by atoms with E-state index in [-0.39, 0.29) is 5.78 Å². The predicted octanol–water partition coefficient (Wildman–Crippen LogP) is 1.93. The van der Waals surface area contributed by atoms with Crippen molar-refractivity contribution in [1.82, 2.24) is 0 Å². The first-order chi connectivity index (χ1) is 8.29. The second kappa shape index (κ2) is 7.81. The SMILES string of the molecule is COCCOc1ccccc1C(=O)CCOC. The molecule has 1 aromatic rings. The van der Waals surface area contributed by atoms with E-state index in [4.69, 9.17) is 14.2 Å². The van der Waals surface area contributed by atoms with Gasteiger partial charge in [-0.1, -0.05) is 12.1 Å². The van der Waals surface area contributed by atoms with Crippen LogP contribution in [0, 0.1) is 0 Å². The molecule has 4 nitrogen and oxygen atoms in total. The monoisotopic (exact) mass is 238 g/mol. The zero-order valence-corrected chi connectivity index (χ0v) is 10.3. The third kappa shape index (κ3) is 4.54. The number of Topliss-reactive ketones (excluding diaryl/α,β-unsaturated/α-hetero) is 1. The lowest BCUT2D eigenvalue weighted by Crippen LogP contribution is -2.09. The van der Waals surface area contributed by atoms with Crippen LogP contribution in [0.4, 0.5) is 0 Å². The molecule has 0 amide bonds. The van der Waals surface area contributed by atoms with Gasteiger partial charge in [-0.05, 0) is 12.1 Å². The molecule has 1 aromatic carbocycles. The molecule has 0 heterocycles. The molecule has 0 aliphatic carbocycles. The van der Waals surface area contributed by atoms with E-state index in [1.54, 1.807) is 26.4 Å². The molecule has 0 unspecified atom stereocenters. The zero-order chi connectivity index (χ0) is 12.5. The second-order valence-corrected chi connectivity index (χ2v) is 3.50. The first-order valence-electron chi connectivity index (χ1n) is 5.52. The molecule has 0 spiro atoms. The second-order valence-electron chi connectivity index (χ2n) is 3.50. The third-order valence-corrected chi connectivity index (χ3v) is 2.27. The van der Waals surface area contributed by atoms with Crippen molar-refractivity contribution in [2.75, 3.05) is 34.0 Å². The molecular formula is C13H18O4. The minimum absolute atomic E-state index is 0.0277. The van der Waals surface area contributed by atoms with Crippen LogP contribution in [0.15, 0.2) is 24.3 Å². The molecule has 0 saturated carbocycles. The maximum absolute atomic E-state index is 11.9. The Hall–Kier alpha value is -1.39. The van der Waals surface area contributed by atoms with Gasteiger partial charge in [0.05, 0.1) is 18.8 Å².